The summed E-state index contributed by atoms with van der Waals surface area (Å²) >= 11 is 8.30. The van der Waals surface area contributed by atoms with E-state index in [9.17, 15) is 8.78 Å². The highest BCUT2D eigenvalue weighted by atomic mass is 79.9. The van der Waals surface area contributed by atoms with E-state index in [-0.39, 0.29) is 10.2 Å². The molecule has 0 atom stereocenters. The van der Waals surface area contributed by atoms with Gasteiger partial charge in [0.1, 0.15) is 17.4 Å². The minimum Gasteiger partial charge on any atom is -0.497 e. The Morgan fingerprint density at radius 2 is 1.95 bits per heavy atom. The number of nitrogens with one attached hydrogen (secondary N) is 1. The van der Waals surface area contributed by atoms with Gasteiger partial charge < -0.3 is 9.72 Å². The number of benzene rings is 2. The van der Waals surface area contributed by atoms with E-state index >= 15 is 0 Å². The minimum absolute atomic E-state index is 0.160. The van der Waals surface area contributed by atoms with Gasteiger partial charge in [0.05, 0.1) is 28.3 Å². The van der Waals surface area contributed by atoms with Crippen molar-refractivity contribution in [2.24, 2.45) is 0 Å². The number of aromatic amines is 1. The standard InChI is InChI=1S/C14H9BrF2N2OS/c1-20-7-2-3-11-13(4-7)19(14(21)18-11)12-5-8(15)9(16)6-10(12)17/h2-6H,1H3,(H,18,21). The average molecular weight is 371 g/mol. The predicted molar refractivity (Wildman–Crippen MR) is 82.6 cm³/mol. The number of H-pyrrole nitrogens is 1. The summed E-state index contributed by atoms with van der Waals surface area (Å²) in [4.78, 5) is 2.98. The molecule has 0 fully saturated rings. The van der Waals surface area contributed by atoms with E-state index in [1.165, 1.54) is 10.6 Å². The molecule has 0 saturated heterocycles. The maximum absolute atomic E-state index is 14.1. The smallest absolute Gasteiger partial charge is 0.182 e. The van der Waals surface area contributed by atoms with Crippen LogP contribution >= 0.6 is 28.1 Å². The van der Waals surface area contributed by atoms with Crippen molar-refractivity contribution in [2.75, 3.05) is 7.11 Å². The van der Waals surface area contributed by atoms with Gasteiger partial charge in [0.15, 0.2) is 4.77 Å². The van der Waals surface area contributed by atoms with Crippen LogP contribution in [0.4, 0.5) is 8.78 Å². The van der Waals surface area contributed by atoms with Gasteiger partial charge in [0.2, 0.25) is 0 Å². The number of fused-ring (bicyclic) bond motifs is 1. The summed E-state index contributed by atoms with van der Waals surface area (Å²) in [5.41, 5.74) is 1.55. The molecule has 0 saturated carbocycles. The van der Waals surface area contributed by atoms with Crippen LogP contribution in [0.2, 0.25) is 0 Å². The van der Waals surface area contributed by atoms with Crippen LogP contribution in [0, 0.1) is 16.4 Å². The highest BCUT2D eigenvalue weighted by Crippen LogP contribution is 2.28. The van der Waals surface area contributed by atoms with Crippen molar-refractivity contribution in [1.82, 2.24) is 9.55 Å². The summed E-state index contributed by atoms with van der Waals surface area (Å²) in [5, 5.41) is 0. The lowest BCUT2D eigenvalue weighted by atomic mass is 10.2. The fraction of sp³-hybridized carbons (Fsp3) is 0.0714. The van der Waals surface area contributed by atoms with Gasteiger partial charge >= 0.3 is 0 Å². The van der Waals surface area contributed by atoms with Gasteiger partial charge in [-0.15, -0.1) is 0 Å². The van der Waals surface area contributed by atoms with Crippen molar-refractivity contribution in [3.05, 3.63) is 51.2 Å². The normalized spacial score (nSPS) is 11.0. The Kier molecular flexibility index (Phi) is 3.54. The first-order chi connectivity index (χ1) is 10.0. The molecule has 0 amide bonds. The Labute approximate surface area is 132 Å². The fourth-order valence-electron chi connectivity index (χ4n) is 2.13. The Hall–Kier alpha value is -1.73. The van der Waals surface area contributed by atoms with Gasteiger partial charge in [-0.1, -0.05) is 0 Å². The van der Waals surface area contributed by atoms with Gasteiger partial charge in [-0.05, 0) is 46.3 Å². The molecular formula is C14H9BrF2N2OS. The van der Waals surface area contributed by atoms with Crippen LogP contribution in [0.1, 0.15) is 0 Å². The quantitative estimate of drug-likeness (QED) is 0.521. The SMILES string of the molecule is COc1ccc2[nH]c(=S)n(-c3cc(Br)c(F)cc3F)c2c1. The van der Waals surface area contributed by atoms with Crippen LogP contribution in [-0.4, -0.2) is 16.7 Å². The Morgan fingerprint density at radius 1 is 1.19 bits per heavy atom. The number of nitrogens with zero attached hydrogens (tertiary/aromatic N) is 1. The number of methoxy groups -OCH3 is 1. The van der Waals surface area contributed by atoms with Gasteiger partial charge in [0, 0.05) is 12.1 Å². The summed E-state index contributed by atoms with van der Waals surface area (Å²) in [6.07, 6.45) is 0. The molecule has 108 valence electrons. The third kappa shape index (κ3) is 2.36. The zero-order valence-electron chi connectivity index (χ0n) is 10.8. The first kappa shape index (κ1) is 14.2. The number of rotatable bonds is 2. The molecule has 0 aliphatic heterocycles. The maximum atomic E-state index is 14.1. The molecule has 1 N–H and O–H groups in total. The highest BCUT2D eigenvalue weighted by Gasteiger charge is 2.14. The van der Waals surface area contributed by atoms with Crippen molar-refractivity contribution in [3.8, 4) is 11.4 Å². The van der Waals surface area contributed by atoms with Gasteiger partial charge in [-0.2, -0.15) is 0 Å². The Bertz CT molecular complexity index is 904. The van der Waals surface area contributed by atoms with Crippen LogP contribution < -0.4 is 4.74 Å². The predicted octanol–water partition coefficient (Wildman–Crippen LogP) is 4.74. The summed E-state index contributed by atoms with van der Waals surface area (Å²) in [7, 11) is 1.54. The first-order valence-corrected chi connectivity index (χ1v) is 7.15. The van der Waals surface area contributed by atoms with E-state index in [2.05, 4.69) is 20.9 Å². The summed E-state index contributed by atoms with van der Waals surface area (Å²) < 4.78 is 34.7. The molecule has 0 spiro atoms. The first-order valence-electron chi connectivity index (χ1n) is 5.95. The Morgan fingerprint density at radius 3 is 2.67 bits per heavy atom. The number of ether oxygens (including phenoxy) is 1. The van der Waals surface area contributed by atoms with Crippen molar-refractivity contribution in [1.29, 1.82) is 0 Å². The number of aromatic nitrogens is 2. The van der Waals surface area contributed by atoms with E-state index in [4.69, 9.17) is 17.0 Å². The maximum Gasteiger partial charge on any atom is 0.182 e. The molecule has 3 rings (SSSR count). The fourth-order valence-corrected chi connectivity index (χ4v) is 2.77. The lowest BCUT2D eigenvalue weighted by molar-refractivity contribution is 0.415. The second kappa shape index (κ2) is 5.23. The molecule has 0 radical (unpaired) electrons. The minimum atomic E-state index is -0.699. The number of halogens is 3. The average Bonchev–Trinajstić information content (AvgIpc) is 2.78. The molecule has 0 aliphatic rings. The van der Waals surface area contributed by atoms with Crippen molar-refractivity contribution >= 4 is 39.2 Å². The highest BCUT2D eigenvalue weighted by molar-refractivity contribution is 9.10. The second-order valence-electron chi connectivity index (χ2n) is 4.37. The van der Waals surface area contributed by atoms with E-state index < -0.39 is 11.6 Å². The molecule has 3 aromatic rings. The zero-order valence-corrected chi connectivity index (χ0v) is 13.2. The molecule has 0 unspecified atom stereocenters. The summed E-state index contributed by atoms with van der Waals surface area (Å²) in [6.45, 7) is 0. The van der Waals surface area contributed by atoms with E-state index in [1.54, 1.807) is 25.3 Å². The Balaban J connectivity index is 2.36. The van der Waals surface area contributed by atoms with Gasteiger partial charge in [-0.25, -0.2) is 8.78 Å². The largest absolute Gasteiger partial charge is 0.497 e. The lowest BCUT2D eigenvalue weighted by Gasteiger charge is -2.08. The number of hydrogen-bond acceptors (Lipinski definition) is 2. The molecule has 0 aliphatic carbocycles. The second-order valence-corrected chi connectivity index (χ2v) is 5.61. The van der Waals surface area contributed by atoms with Crippen LogP contribution in [0.15, 0.2) is 34.8 Å². The molecule has 3 nitrogen and oxygen atoms in total. The van der Waals surface area contributed by atoms with Crippen molar-refractivity contribution in [2.45, 2.75) is 0 Å². The van der Waals surface area contributed by atoms with Crippen molar-refractivity contribution in [3.63, 3.8) is 0 Å². The van der Waals surface area contributed by atoms with Gasteiger partial charge in [0.25, 0.3) is 0 Å². The van der Waals surface area contributed by atoms with E-state index in [0.717, 1.165) is 11.6 Å². The third-order valence-corrected chi connectivity index (χ3v) is 4.01. The van der Waals surface area contributed by atoms with Gasteiger partial charge in [-0.3, -0.25) is 4.57 Å². The van der Waals surface area contributed by atoms with Crippen LogP contribution in [-0.2, 0) is 0 Å². The zero-order chi connectivity index (χ0) is 15.1. The molecule has 1 aromatic heterocycles. The summed E-state index contributed by atoms with van der Waals surface area (Å²) in [5.74, 6) is -0.748. The molecule has 21 heavy (non-hydrogen) atoms. The van der Waals surface area contributed by atoms with E-state index in [0.29, 0.717) is 16.0 Å². The van der Waals surface area contributed by atoms with Crippen LogP contribution in [0.5, 0.6) is 5.75 Å². The molecule has 1 heterocycles. The molecule has 7 heteroatoms. The van der Waals surface area contributed by atoms with Crippen LogP contribution in [0.3, 0.4) is 0 Å². The molecule has 2 aromatic carbocycles. The monoisotopic (exact) mass is 370 g/mol. The summed E-state index contributed by atoms with van der Waals surface area (Å²) in [6, 6.07) is 7.47. The molecule has 0 bridgehead atoms. The van der Waals surface area contributed by atoms with Crippen molar-refractivity contribution < 1.29 is 13.5 Å². The van der Waals surface area contributed by atoms with E-state index in [1.807, 2.05) is 0 Å². The van der Waals surface area contributed by atoms with Crippen LogP contribution in [0.25, 0.3) is 16.7 Å². The third-order valence-electron chi connectivity index (χ3n) is 3.12. The lowest BCUT2D eigenvalue weighted by Crippen LogP contribution is -1.99. The number of hydrogen-bond donors (Lipinski definition) is 1. The topological polar surface area (TPSA) is 29.9 Å². The molecular weight excluding hydrogens is 362 g/mol. The number of imidazole rings is 1.